The predicted molar refractivity (Wildman–Crippen MR) is 110 cm³/mol. The molecule has 0 heterocycles. The molecule has 0 saturated carbocycles. The number of ether oxygens (including phenoxy) is 1. The van der Waals surface area contributed by atoms with Crippen LogP contribution in [0, 0.1) is 0 Å². The Balaban J connectivity index is 1.97. The Kier molecular flexibility index (Phi) is 5.91. The lowest BCUT2D eigenvalue weighted by atomic mass is 9.68. The summed E-state index contributed by atoms with van der Waals surface area (Å²) in [4.78, 5) is 0. The molecular weight excluding hydrogens is 316 g/mol. The SMILES string of the molecule is C=CCC(CCc1ccc(OC)cc1)(c1ccccc1)c1ccccc1. The molecule has 0 aliphatic rings. The predicted octanol–water partition coefficient (Wildman–Crippen LogP) is 6.19. The highest BCUT2D eigenvalue weighted by molar-refractivity contribution is 5.40. The van der Waals surface area contributed by atoms with Gasteiger partial charge < -0.3 is 4.74 Å². The third kappa shape index (κ3) is 3.88. The maximum absolute atomic E-state index is 5.28. The van der Waals surface area contributed by atoms with Gasteiger partial charge in [-0.25, -0.2) is 0 Å². The van der Waals surface area contributed by atoms with Gasteiger partial charge in [-0.1, -0.05) is 78.9 Å². The molecule has 0 radical (unpaired) electrons. The molecule has 3 aromatic carbocycles. The molecule has 0 fully saturated rings. The van der Waals surface area contributed by atoms with Gasteiger partial charge in [0.15, 0.2) is 0 Å². The molecule has 0 unspecified atom stereocenters. The van der Waals surface area contributed by atoms with Crippen molar-refractivity contribution in [2.45, 2.75) is 24.7 Å². The lowest BCUT2D eigenvalue weighted by molar-refractivity contribution is 0.414. The summed E-state index contributed by atoms with van der Waals surface area (Å²) in [6.45, 7) is 4.06. The van der Waals surface area contributed by atoms with Crippen LogP contribution in [0.5, 0.6) is 5.75 Å². The summed E-state index contributed by atoms with van der Waals surface area (Å²) < 4.78 is 5.28. The van der Waals surface area contributed by atoms with Gasteiger partial charge in [-0.2, -0.15) is 0 Å². The van der Waals surface area contributed by atoms with Gasteiger partial charge in [-0.05, 0) is 48.1 Å². The summed E-state index contributed by atoms with van der Waals surface area (Å²) in [5, 5.41) is 0. The van der Waals surface area contributed by atoms with Crippen LogP contribution in [0.3, 0.4) is 0 Å². The largest absolute Gasteiger partial charge is 0.497 e. The normalized spacial score (nSPS) is 11.1. The van der Waals surface area contributed by atoms with Crippen LogP contribution in [-0.4, -0.2) is 7.11 Å². The molecule has 0 aliphatic heterocycles. The Morgan fingerprint density at radius 2 is 1.35 bits per heavy atom. The van der Waals surface area contributed by atoms with E-state index in [-0.39, 0.29) is 5.41 Å². The minimum Gasteiger partial charge on any atom is -0.497 e. The summed E-state index contributed by atoms with van der Waals surface area (Å²) in [5.41, 5.74) is 3.95. The van der Waals surface area contributed by atoms with Crippen molar-refractivity contribution in [2.24, 2.45) is 0 Å². The number of aryl methyl sites for hydroxylation is 1. The number of allylic oxidation sites excluding steroid dienone is 1. The van der Waals surface area contributed by atoms with Crippen molar-refractivity contribution in [3.63, 3.8) is 0 Å². The van der Waals surface area contributed by atoms with E-state index in [9.17, 15) is 0 Å². The Hall–Kier alpha value is -2.80. The average Bonchev–Trinajstić information content (AvgIpc) is 2.73. The van der Waals surface area contributed by atoms with Gasteiger partial charge in [0.25, 0.3) is 0 Å². The van der Waals surface area contributed by atoms with E-state index in [0.29, 0.717) is 0 Å². The van der Waals surface area contributed by atoms with Gasteiger partial charge in [0.2, 0.25) is 0 Å². The Morgan fingerprint density at radius 3 is 1.81 bits per heavy atom. The summed E-state index contributed by atoms with van der Waals surface area (Å²) in [6.07, 6.45) is 4.99. The summed E-state index contributed by atoms with van der Waals surface area (Å²) in [7, 11) is 1.70. The molecule has 0 amide bonds. The lowest BCUT2D eigenvalue weighted by Gasteiger charge is -2.35. The summed E-state index contributed by atoms with van der Waals surface area (Å²) in [5.74, 6) is 0.900. The second-order valence-electron chi connectivity index (χ2n) is 6.66. The molecular formula is C25H26O. The molecule has 0 saturated heterocycles. The number of methoxy groups -OCH3 is 1. The highest BCUT2D eigenvalue weighted by Gasteiger charge is 2.32. The van der Waals surface area contributed by atoms with Crippen LogP contribution in [-0.2, 0) is 11.8 Å². The molecule has 26 heavy (non-hydrogen) atoms. The fourth-order valence-corrected chi connectivity index (χ4v) is 3.70. The minimum atomic E-state index is -0.0653. The third-order valence-electron chi connectivity index (χ3n) is 5.15. The standard InChI is InChI=1S/C25H26O/c1-3-19-25(22-10-6-4-7-11-22,23-12-8-5-9-13-23)20-18-21-14-16-24(26-2)17-15-21/h3-17H,1,18-20H2,2H3. The van der Waals surface area contributed by atoms with Crippen molar-refractivity contribution in [1.29, 1.82) is 0 Å². The van der Waals surface area contributed by atoms with Gasteiger partial charge in [0.1, 0.15) is 5.75 Å². The number of rotatable bonds is 8. The number of benzene rings is 3. The number of hydrogen-bond donors (Lipinski definition) is 0. The van der Waals surface area contributed by atoms with Gasteiger partial charge >= 0.3 is 0 Å². The molecule has 0 aliphatic carbocycles. The smallest absolute Gasteiger partial charge is 0.118 e. The van der Waals surface area contributed by atoms with Crippen LogP contribution in [0.25, 0.3) is 0 Å². The van der Waals surface area contributed by atoms with Crippen molar-refractivity contribution < 1.29 is 4.74 Å². The van der Waals surface area contributed by atoms with Gasteiger partial charge in [0, 0.05) is 5.41 Å². The quantitative estimate of drug-likeness (QED) is 0.443. The van der Waals surface area contributed by atoms with E-state index < -0.39 is 0 Å². The molecule has 0 atom stereocenters. The first-order valence-corrected chi connectivity index (χ1v) is 9.13. The fourth-order valence-electron chi connectivity index (χ4n) is 3.70. The molecule has 132 valence electrons. The number of hydrogen-bond acceptors (Lipinski definition) is 1. The van der Waals surface area contributed by atoms with E-state index in [0.717, 1.165) is 25.0 Å². The average molecular weight is 342 g/mol. The van der Waals surface area contributed by atoms with Crippen LogP contribution in [0.2, 0.25) is 0 Å². The fraction of sp³-hybridized carbons (Fsp3) is 0.200. The Bertz CT molecular complexity index is 764. The molecule has 3 aromatic rings. The van der Waals surface area contributed by atoms with Crippen molar-refractivity contribution >= 4 is 0 Å². The molecule has 1 heteroatoms. The molecule has 3 rings (SSSR count). The lowest BCUT2D eigenvalue weighted by Crippen LogP contribution is -2.28. The highest BCUT2D eigenvalue weighted by Crippen LogP contribution is 2.40. The Morgan fingerprint density at radius 1 is 0.808 bits per heavy atom. The second-order valence-corrected chi connectivity index (χ2v) is 6.66. The summed E-state index contributed by atoms with van der Waals surface area (Å²) in [6, 6.07) is 30.0. The van der Waals surface area contributed by atoms with E-state index in [1.165, 1.54) is 16.7 Å². The zero-order valence-corrected chi connectivity index (χ0v) is 15.4. The van der Waals surface area contributed by atoms with Gasteiger partial charge in [-0.3, -0.25) is 0 Å². The second kappa shape index (κ2) is 8.53. The Labute approximate surface area is 157 Å². The maximum atomic E-state index is 5.28. The van der Waals surface area contributed by atoms with Crippen molar-refractivity contribution in [3.8, 4) is 5.75 Å². The van der Waals surface area contributed by atoms with E-state index in [2.05, 4.69) is 79.4 Å². The highest BCUT2D eigenvalue weighted by atomic mass is 16.5. The maximum Gasteiger partial charge on any atom is 0.118 e. The van der Waals surface area contributed by atoms with Crippen LogP contribution in [0.15, 0.2) is 97.6 Å². The van der Waals surface area contributed by atoms with Crippen LogP contribution in [0.4, 0.5) is 0 Å². The molecule has 0 N–H and O–H groups in total. The van der Waals surface area contributed by atoms with Gasteiger partial charge in [0.05, 0.1) is 7.11 Å². The topological polar surface area (TPSA) is 9.23 Å². The van der Waals surface area contributed by atoms with E-state index >= 15 is 0 Å². The van der Waals surface area contributed by atoms with Crippen molar-refractivity contribution in [1.82, 2.24) is 0 Å². The zero-order chi connectivity index (χ0) is 18.2. The first-order chi connectivity index (χ1) is 12.8. The third-order valence-corrected chi connectivity index (χ3v) is 5.15. The van der Waals surface area contributed by atoms with Crippen molar-refractivity contribution in [3.05, 3.63) is 114 Å². The van der Waals surface area contributed by atoms with Crippen molar-refractivity contribution in [2.75, 3.05) is 7.11 Å². The van der Waals surface area contributed by atoms with E-state index in [1.807, 2.05) is 18.2 Å². The van der Waals surface area contributed by atoms with E-state index in [4.69, 9.17) is 4.74 Å². The first kappa shape index (κ1) is 18.0. The molecule has 1 nitrogen and oxygen atoms in total. The van der Waals surface area contributed by atoms with Crippen LogP contribution < -0.4 is 4.74 Å². The minimum absolute atomic E-state index is 0.0653. The first-order valence-electron chi connectivity index (χ1n) is 9.13. The molecule has 0 spiro atoms. The van der Waals surface area contributed by atoms with Crippen LogP contribution >= 0.6 is 0 Å². The summed E-state index contributed by atoms with van der Waals surface area (Å²) >= 11 is 0. The zero-order valence-electron chi connectivity index (χ0n) is 15.4. The van der Waals surface area contributed by atoms with Crippen LogP contribution in [0.1, 0.15) is 29.5 Å². The monoisotopic (exact) mass is 342 g/mol. The van der Waals surface area contributed by atoms with Gasteiger partial charge in [-0.15, -0.1) is 6.58 Å². The molecule has 0 aromatic heterocycles. The molecule has 0 bridgehead atoms. The van der Waals surface area contributed by atoms with E-state index in [1.54, 1.807) is 7.11 Å².